The number of para-hydroxylation sites is 1. The van der Waals surface area contributed by atoms with Crippen molar-refractivity contribution in [2.45, 2.75) is 13.8 Å². The van der Waals surface area contributed by atoms with E-state index >= 15 is 0 Å². The Balaban J connectivity index is 1.51. The molecule has 0 spiro atoms. The summed E-state index contributed by atoms with van der Waals surface area (Å²) in [6, 6.07) is 15.0. The van der Waals surface area contributed by atoms with Crippen LogP contribution < -0.4 is 10.5 Å². The number of hydrogen-bond acceptors (Lipinski definition) is 4. The van der Waals surface area contributed by atoms with Crippen molar-refractivity contribution in [3.63, 3.8) is 0 Å². The van der Waals surface area contributed by atoms with Crippen molar-refractivity contribution in [2.24, 2.45) is 0 Å². The van der Waals surface area contributed by atoms with Crippen LogP contribution in [0.1, 0.15) is 21.5 Å². The van der Waals surface area contributed by atoms with Gasteiger partial charge in [0.15, 0.2) is 0 Å². The van der Waals surface area contributed by atoms with Gasteiger partial charge in [-0.25, -0.2) is 0 Å². The van der Waals surface area contributed by atoms with Crippen LogP contribution in [0.25, 0.3) is 5.69 Å². The number of anilines is 1. The Morgan fingerprint density at radius 3 is 2.37 bits per heavy atom. The molecule has 0 N–H and O–H groups in total. The van der Waals surface area contributed by atoms with Gasteiger partial charge >= 0.3 is 0 Å². The topological polar surface area (TPSA) is 58.4 Å². The number of carbonyl (C=O) groups excluding carboxylic acids is 1. The monoisotopic (exact) mass is 422 g/mol. The van der Waals surface area contributed by atoms with Gasteiger partial charge in [-0.3, -0.25) is 9.59 Å². The SMILES string of the molecule is Cc1cccc(C(=O)N2CCN(c3cnn(-c4ccccc4)c(=O)c3Cl)CC2)c1C. The van der Waals surface area contributed by atoms with Crippen LogP contribution in [0.5, 0.6) is 0 Å². The van der Waals surface area contributed by atoms with E-state index in [4.69, 9.17) is 11.6 Å². The average molecular weight is 423 g/mol. The van der Waals surface area contributed by atoms with Crippen molar-refractivity contribution in [3.05, 3.63) is 86.8 Å². The Bertz CT molecular complexity index is 1140. The lowest BCUT2D eigenvalue weighted by molar-refractivity contribution is 0.0746. The van der Waals surface area contributed by atoms with Crippen molar-refractivity contribution in [1.29, 1.82) is 0 Å². The molecule has 1 aliphatic rings. The molecule has 30 heavy (non-hydrogen) atoms. The summed E-state index contributed by atoms with van der Waals surface area (Å²) >= 11 is 6.42. The highest BCUT2D eigenvalue weighted by Crippen LogP contribution is 2.24. The van der Waals surface area contributed by atoms with E-state index in [1.807, 2.05) is 72.2 Å². The maximum Gasteiger partial charge on any atom is 0.292 e. The number of nitrogens with zero attached hydrogens (tertiary/aromatic N) is 4. The third-order valence-corrected chi connectivity index (χ3v) is 6.00. The van der Waals surface area contributed by atoms with E-state index in [9.17, 15) is 9.59 Å². The van der Waals surface area contributed by atoms with E-state index in [1.54, 1.807) is 6.20 Å². The number of aromatic nitrogens is 2. The second-order valence-electron chi connectivity index (χ2n) is 7.42. The molecule has 2 heterocycles. The maximum absolute atomic E-state index is 13.0. The molecule has 0 aliphatic carbocycles. The van der Waals surface area contributed by atoms with Crippen LogP contribution in [0.4, 0.5) is 5.69 Å². The lowest BCUT2D eigenvalue weighted by atomic mass is 10.0. The lowest BCUT2D eigenvalue weighted by Gasteiger charge is -2.36. The van der Waals surface area contributed by atoms with E-state index in [1.165, 1.54) is 4.68 Å². The molecule has 7 heteroatoms. The minimum Gasteiger partial charge on any atom is -0.365 e. The second kappa shape index (κ2) is 8.32. The summed E-state index contributed by atoms with van der Waals surface area (Å²) in [5.41, 5.74) is 3.79. The number of hydrogen-bond donors (Lipinski definition) is 0. The van der Waals surface area contributed by atoms with Crippen LogP contribution in [0.2, 0.25) is 5.02 Å². The molecule has 0 saturated carbocycles. The highest BCUT2D eigenvalue weighted by molar-refractivity contribution is 6.33. The summed E-state index contributed by atoms with van der Waals surface area (Å²) in [4.78, 5) is 29.6. The van der Waals surface area contributed by atoms with Gasteiger partial charge in [0, 0.05) is 31.7 Å². The van der Waals surface area contributed by atoms with Gasteiger partial charge in [-0.1, -0.05) is 41.9 Å². The van der Waals surface area contributed by atoms with Crippen molar-refractivity contribution in [3.8, 4) is 5.69 Å². The van der Waals surface area contributed by atoms with Gasteiger partial charge in [0.05, 0.1) is 17.6 Å². The Hall–Kier alpha value is -3.12. The maximum atomic E-state index is 13.0. The fourth-order valence-electron chi connectivity index (χ4n) is 3.70. The minimum absolute atomic E-state index is 0.0413. The molecule has 2 aromatic carbocycles. The molecule has 1 aliphatic heterocycles. The van der Waals surface area contributed by atoms with Gasteiger partial charge in [-0.2, -0.15) is 9.78 Å². The molecule has 154 valence electrons. The summed E-state index contributed by atoms with van der Waals surface area (Å²) in [6.07, 6.45) is 1.62. The van der Waals surface area contributed by atoms with E-state index < -0.39 is 0 Å². The van der Waals surface area contributed by atoms with Crippen LogP contribution in [0.3, 0.4) is 0 Å². The highest BCUT2D eigenvalue weighted by Gasteiger charge is 2.25. The highest BCUT2D eigenvalue weighted by atomic mass is 35.5. The standard InChI is InChI=1S/C23H23ClN4O2/c1-16-7-6-10-19(17(16)2)22(29)27-13-11-26(12-14-27)20-15-25-28(23(30)21(20)24)18-8-4-3-5-9-18/h3-10,15H,11-14H2,1-2H3. The number of carbonyl (C=O) groups is 1. The van der Waals surface area contributed by atoms with Gasteiger partial charge < -0.3 is 9.80 Å². The largest absolute Gasteiger partial charge is 0.365 e. The predicted molar refractivity (Wildman–Crippen MR) is 119 cm³/mol. The fourth-order valence-corrected chi connectivity index (χ4v) is 3.95. The lowest BCUT2D eigenvalue weighted by Crippen LogP contribution is -2.49. The van der Waals surface area contributed by atoms with Crippen LogP contribution in [0, 0.1) is 13.8 Å². The zero-order chi connectivity index (χ0) is 21.3. The molecule has 4 rings (SSSR count). The predicted octanol–water partition coefficient (Wildman–Crippen LogP) is 3.47. The quantitative estimate of drug-likeness (QED) is 0.648. The zero-order valence-electron chi connectivity index (χ0n) is 17.0. The molecular weight excluding hydrogens is 400 g/mol. The minimum atomic E-state index is -0.353. The number of piperazine rings is 1. The average Bonchev–Trinajstić information content (AvgIpc) is 2.78. The van der Waals surface area contributed by atoms with E-state index in [-0.39, 0.29) is 16.5 Å². The van der Waals surface area contributed by atoms with Gasteiger partial charge in [-0.15, -0.1) is 0 Å². The molecule has 1 amide bonds. The molecule has 3 aromatic rings. The summed E-state index contributed by atoms with van der Waals surface area (Å²) in [5, 5.41) is 4.45. The zero-order valence-corrected chi connectivity index (χ0v) is 17.8. The van der Waals surface area contributed by atoms with Crippen molar-refractivity contribution in [2.75, 3.05) is 31.1 Å². The summed E-state index contributed by atoms with van der Waals surface area (Å²) in [7, 11) is 0. The van der Waals surface area contributed by atoms with Crippen LogP contribution in [0.15, 0.2) is 59.5 Å². The molecule has 0 radical (unpaired) electrons. The molecule has 0 bridgehead atoms. The number of halogens is 1. The fraction of sp³-hybridized carbons (Fsp3) is 0.261. The number of benzene rings is 2. The van der Waals surface area contributed by atoms with E-state index in [0.717, 1.165) is 16.7 Å². The summed E-state index contributed by atoms with van der Waals surface area (Å²) in [5.74, 6) is 0.0413. The Kier molecular flexibility index (Phi) is 5.59. The molecular formula is C23H23ClN4O2. The molecule has 6 nitrogen and oxygen atoms in total. The number of amides is 1. The van der Waals surface area contributed by atoms with Crippen LogP contribution in [-0.2, 0) is 0 Å². The van der Waals surface area contributed by atoms with E-state index in [2.05, 4.69) is 5.10 Å². The molecule has 1 saturated heterocycles. The van der Waals surface area contributed by atoms with Crippen molar-refractivity contribution in [1.82, 2.24) is 14.7 Å². The number of aryl methyl sites for hydroxylation is 1. The van der Waals surface area contributed by atoms with Gasteiger partial charge in [-0.05, 0) is 43.2 Å². The second-order valence-corrected chi connectivity index (χ2v) is 7.80. The third-order valence-electron chi connectivity index (χ3n) is 5.64. The van der Waals surface area contributed by atoms with Gasteiger partial charge in [0.1, 0.15) is 5.02 Å². The Morgan fingerprint density at radius 2 is 1.67 bits per heavy atom. The molecule has 0 unspecified atom stereocenters. The first-order valence-electron chi connectivity index (χ1n) is 9.91. The normalized spacial score (nSPS) is 14.1. The summed E-state index contributed by atoms with van der Waals surface area (Å²) in [6.45, 7) is 6.29. The van der Waals surface area contributed by atoms with E-state index in [0.29, 0.717) is 37.6 Å². The van der Waals surface area contributed by atoms with Crippen molar-refractivity contribution < 1.29 is 4.79 Å². The van der Waals surface area contributed by atoms with Gasteiger partial charge in [0.2, 0.25) is 0 Å². The van der Waals surface area contributed by atoms with Gasteiger partial charge in [0.25, 0.3) is 11.5 Å². The molecule has 1 fully saturated rings. The summed E-state index contributed by atoms with van der Waals surface area (Å²) < 4.78 is 1.30. The molecule has 1 aromatic heterocycles. The van der Waals surface area contributed by atoms with Crippen molar-refractivity contribution >= 4 is 23.2 Å². The molecule has 0 atom stereocenters. The first-order chi connectivity index (χ1) is 14.5. The van der Waals surface area contributed by atoms with Crippen LogP contribution in [-0.4, -0.2) is 46.8 Å². The first-order valence-corrected chi connectivity index (χ1v) is 10.3. The Morgan fingerprint density at radius 1 is 0.967 bits per heavy atom. The first kappa shape index (κ1) is 20.2. The van der Waals surface area contributed by atoms with Crippen LogP contribution >= 0.6 is 11.6 Å². The third kappa shape index (κ3) is 3.71. The Labute approximate surface area is 180 Å². The number of rotatable bonds is 3. The smallest absolute Gasteiger partial charge is 0.292 e.